The maximum absolute atomic E-state index is 12.7. The number of hydrogen-bond acceptors (Lipinski definition) is 3. The third kappa shape index (κ3) is 2.86. The van der Waals surface area contributed by atoms with Crippen LogP contribution >= 0.6 is 0 Å². The Kier molecular flexibility index (Phi) is 4.16. The highest BCUT2D eigenvalue weighted by atomic mass is 16.5. The molecule has 3 rings (SSSR count). The predicted molar refractivity (Wildman–Crippen MR) is 82.1 cm³/mol. The molecule has 2 aliphatic heterocycles. The minimum atomic E-state index is -0.548. The highest BCUT2D eigenvalue weighted by Gasteiger charge is 2.41. The van der Waals surface area contributed by atoms with E-state index in [1.54, 1.807) is 7.11 Å². The van der Waals surface area contributed by atoms with Crippen molar-refractivity contribution in [1.29, 1.82) is 0 Å². The van der Waals surface area contributed by atoms with E-state index in [1.165, 1.54) is 0 Å². The zero-order chi connectivity index (χ0) is 15.6. The average Bonchev–Trinajstić information content (AvgIpc) is 2.90. The van der Waals surface area contributed by atoms with Gasteiger partial charge in [0, 0.05) is 32.2 Å². The molecule has 1 aromatic carbocycles. The lowest BCUT2D eigenvalue weighted by Gasteiger charge is -2.40. The van der Waals surface area contributed by atoms with Crippen LogP contribution in [0.25, 0.3) is 0 Å². The van der Waals surface area contributed by atoms with Crippen LogP contribution in [0.4, 0.5) is 0 Å². The number of piperidine rings is 1. The second-order valence-corrected chi connectivity index (χ2v) is 6.18. The molecule has 1 spiro atoms. The van der Waals surface area contributed by atoms with Gasteiger partial charge in [-0.2, -0.15) is 0 Å². The van der Waals surface area contributed by atoms with Gasteiger partial charge in [-0.3, -0.25) is 9.59 Å². The van der Waals surface area contributed by atoms with Gasteiger partial charge in [0.2, 0.25) is 5.91 Å². The molecule has 2 fully saturated rings. The Morgan fingerprint density at radius 3 is 2.45 bits per heavy atom. The van der Waals surface area contributed by atoms with Gasteiger partial charge in [0.05, 0.1) is 0 Å². The number of nitrogens with one attached hydrogen (secondary N) is 1. The highest BCUT2D eigenvalue weighted by Crippen LogP contribution is 2.32. The molecule has 2 aliphatic rings. The van der Waals surface area contributed by atoms with E-state index in [9.17, 15) is 9.59 Å². The third-order valence-electron chi connectivity index (χ3n) is 4.83. The molecule has 2 heterocycles. The van der Waals surface area contributed by atoms with Gasteiger partial charge in [0.25, 0.3) is 5.91 Å². The summed E-state index contributed by atoms with van der Waals surface area (Å²) in [5, 5.41) is 3.10. The van der Waals surface area contributed by atoms with Crippen LogP contribution in [0.5, 0.6) is 0 Å². The first-order valence-corrected chi connectivity index (χ1v) is 7.81. The lowest BCUT2D eigenvalue weighted by molar-refractivity contribution is -0.144. The van der Waals surface area contributed by atoms with Crippen molar-refractivity contribution in [3.8, 4) is 0 Å². The van der Waals surface area contributed by atoms with Crippen LogP contribution < -0.4 is 5.32 Å². The van der Waals surface area contributed by atoms with Crippen molar-refractivity contribution in [2.75, 3.05) is 20.2 Å². The standard InChI is InChI=1S/C17H22N2O3/c1-22-15(13-5-3-2-4-6-13)16(21)19-11-9-17(10-12-19)8-7-14(20)18-17/h2-6,15H,7-12H2,1H3,(H,18,20)/t15-/m0/s1. The van der Waals surface area contributed by atoms with Crippen LogP contribution in [-0.4, -0.2) is 42.5 Å². The van der Waals surface area contributed by atoms with Gasteiger partial charge in [-0.1, -0.05) is 30.3 Å². The summed E-state index contributed by atoms with van der Waals surface area (Å²) in [5.41, 5.74) is 0.799. The second kappa shape index (κ2) is 6.08. The Balaban J connectivity index is 1.65. The van der Waals surface area contributed by atoms with E-state index in [0.29, 0.717) is 19.5 Å². The summed E-state index contributed by atoms with van der Waals surface area (Å²) in [6.45, 7) is 1.34. The van der Waals surface area contributed by atoms with Crippen LogP contribution in [0.15, 0.2) is 30.3 Å². The quantitative estimate of drug-likeness (QED) is 0.923. The molecular formula is C17H22N2O3. The maximum Gasteiger partial charge on any atom is 0.256 e. The van der Waals surface area contributed by atoms with Crippen molar-refractivity contribution in [3.05, 3.63) is 35.9 Å². The number of nitrogens with zero attached hydrogens (tertiary/aromatic N) is 1. The zero-order valence-corrected chi connectivity index (χ0v) is 12.9. The second-order valence-electron chi connectivity index (χ2n) is 6.18. The summed E-state index contributed by atoms with van der Waals surface area (Å²) in [6.07, 6.45) is 2.61. The van der Waals surface area contributed by atoms with Crippen molar-refractivity contribution < 1.29 is 14.3 Å². The average molecular weight is 302 g/mol. The van der Waals surface area contributed by atoms with Crippen molar-refractivity contribution in [1.82, 2.24) is 10.2 Å². The smallest absolute Gasteiger partial charge is 0.256 e. The largest absolute Gasteiger partial charge is 0.367 e. The van der Waals surface area contributed by atoms with Gasteiger partial charge < -0.3 is 15.0 Å². The molecule has 0 bridgehead atoms. The number of rotatable bonds is 3. The number of ether oxygens (including phenoxy) is 1. The van der Waals surface area contributed by atoms with Gasteiger partial charge in [-0.15, -0.1) is 0 Å². The molecule has 0 aliphatic carbocycles. The molecule has 118 valence electrons. The van der Waals surface area contributed by atoms with Crippen LogP contribution in [0, 0.1) is 0 Å². The molecule has 1 N–H and O–H groups in total. The van der Waals surface area contributed by atoms with Crippen molar-refractivity contribution in [3.63, 3.8) is 0 Å². The molecule has 2 saturated heterocycles. The van der Waals surface area contributed by atoms with Crippen LogP contribution in [-0.2, 0) is 14.3 Å². The number of methoxy groups -OCH3 is 1. The summed E-state index contributed by atoms with van der Waals surface area (Å²) < 4.78 is 5.42. The normalized spacial score (nSPS) is 21.7. The lowest BCUT2D eigenvalue weighted by atomic mass is 9.86. The highest BCUT2D eigenvalue weighted by molar-refractivity contribution is 5.83. The molecule has 1 aromatic rings. The molecule has 2 amide bonds. The number of benzene rings is 1. The minimum absolute atomic E-state index is 0.00729. The Morgan fingerprint density at radius 1 is 1.23 bits per heavy atom. The molecule has 0 aromatic heterocycles. The summed E-state index contributed by atoms with van der Waals surface area (Å²) in [7, 11) is 1.57. The first-order valence-electron chi connectivity index (χ1n) is 7.81. The van der Waals surface area contributed by atoms with Gasteiger partial charge in [0.1, 0.15) is 0 Å². The summed E-state index contributed by atoms with van der Waals surface area (Å²) in [6, 6.07) is 9.57. The third-order valence-corrected chi connectivity index (χ3v) is 4.83. The van der Waals surface area contributed by atoms with Crippen LogP contribution in [0.2, 0.25) is 0 Å². The zero-order valence-electron chi connectivity index (χ0n) is 12.9. The van der Waals surface area contributed by atoms with E-state index in [1.807, 2.05) is 35.2 Å². The van der Waals surface area contributed by atoms with E-state index in [4.69, 9.17) is 4.74 Å². The Hall–Kier alpha value is -1.88. The van der Waals surface area contributed by atoms with E-state index in [0.717, 1.165) is 24.8 Å². The Bertz CT molecular complexity index is 550. The summed E-state index contributed by atoms with van der Waals surface area (Å²) in [5.74, 6) is 0.145. The SMILES string of the molecule is CO[C@H](C(=O)N1CCC2(CCC(=O)N2)CC1)c1ccccc1. The molecule has 5 heteroatoms. The van der Waals surface area contributed by atoms with E-state index >= 15 is 0 Å². The van der Waals surface area contributed by atoms with Crippen molar-refractivity contribution in [2.24, 2.45) is 0 Å². The van der Waals surface area contributed by atoms with Crippen molar-refractivity contribution >= 4 is 11.8 Å². The fourth-order valence-electron chi connectivity index (χ4n) is 3.48. The summed E-state index contributed by atoms with van der Waals surface area (Å²) >= 11 is 0. The number of carbonyl (C=O) groups is 2. The van der Waals surface area contributed by atoms with E-state index < -0.39 is 6.10 Å². The van der Waals surface area contributed by atoms with E-state index in [2.05, 4.69) is 5.32 Å². The first-order chi connectivity index (χ1) is 10.6. The first kappa shape index (κ1) is 15.0. The van der Waals surface area contributed by atoms with Gasteiger partial charge in [-0.25, -0.2) is 0 Å². The van der Waals surface area contributed by atoms with Crippen LogP contribution in [0.3, 0.4) is 0 Å². The number of hydrogen-bond donors (Lipinski definition) is 1. The predicted octanol–water partition coefficient (Wildman–Crippen LogP) is 1.65. The van der Waals surface area contributed by atoms with Crippen molar-refractivity contribution in [2.45, 2.75) is 37.3 Å². The van der Waals surface area contributed by atoms with Crippen LogP contribution in [0.1, 0.15) is 37.4 Å². The Labute approximate surface area is 130 Å². The summed E-state index contributed by atoms with van der Waals surface area (Å²) in [4.78, 5) is 26.0. The fourth-order valence-corrected chi connectivity index (χ4v) is 3.48. The van der Waals surface area contributed by atoms with Gasteiger partial charge in [-0.05, 0) is 24.8 Å². The number of carbonyl (C=O) groups excluding carboxylic acids is 2. The molecule has 22 heavy (non-hydrogen) atoms. The number of likely N-dealkylation sites (tertiary alicyclic amines) is 1. The molecule has 1 atom stereocenters. The van der Waals surface area contributed by atoms with Gasteiger partial charge >= 0.3 is 0 Å². The van der Waals surface area contributed by atoms with Gasteiger partial charge in [0.15, 0.2) is 6.10 Å². The topological polar surface area (TPSA) is 58.6 Å². The molecule has 5 nitrogen and oxygen atoms in total. The van der Waals surface area contributed by atoms with E-state index in [-0.39, 0.29) is 17.4 Å². The maximum atomic E-state index is 12.7. The molecule has 0 unspecified atom stereocenters. The Morgan fingerprint density at radius 2 is 1.91 bits per heavy atom. The monoisotopic (exact) mass is 302 g/mol. The molecule has 0 saturated carbocycles. The molecular weight excluding hydrogens is 280 g/mol. The minimum Gasteiger partial charge on any atom is -0.367 e. The molecule has 0 radical (unpaired) electrons. The fraction of sp³-hybridized carbons (Fsp3) is 0.529. The number of amides is 2. The lowest BCUT2D eigenvalue weighted by Crippen LogP contribution is -2.53.